The van der Waals surface area contributed by atoms with Gasteiger partial charge in [-0.15, -0.1) is 0 Å². The molecule has 0 fully saturated rings. The third-order valence-corrected chi connectivity index (χ3v) is 4.97. The zero-order valence-electron chi connectivity index (χ0n) is 13.0. The van der Waals surface area contributed by atoms with E-state index in [9.17, 15) is 9.59 Å². The first-order valence-corrected chi connectivity index (χ1v) is 8.50. The van der Waals surface area contributed by atoms with Crippen molar-refractivity contribution >= 4 is 40.1 Å². The number of aromatic nitrogens is 2. The van der Waals surface area contributed by atoms with E-state index in [-0.39, 0.29) is 16.3 Å². The minimum atomic E-state index is -0.589. The number of rotatable bonds is 2. The van der Waals surface area contributed by atoms with E-state index < -0.39 is 5.97 Å². The summed E-state index contributed by atoms with van der Waals surface area (Å²) < 4.78 is 7.00. The van der Waals surface area contributed by atoms with Crippen molar-refractivity contribution in [3.63, 3.8) is 0 Å². The van der Waals surface area contributed by atoms with E-state index in [1.54, 1.807) is 41.0 Å². The fourth-order valence-corrected chi connectivity index (χ4v) is 3.26. The Morgan fingerprint density at radius 3 is 2.88 bits per heavy atom. The van der Waals surface area contributed by atoms with Gasteiger partial charge in [-0.2, -0.15) is 0 Å². The van der Waals surface area contributed by atoms with Crippen molar-refractivity contribution in [1.29, 1.82) is 0 Å². The Kier molecular flexibility index (Phi) is 3.98. The molecule has 1 aliphatic rings. The second kappa shape index (κ2) is 6.17. The molecule has 0 atom stereocenters. The summed E-state index contributed by atoms with van der Waals surface area (Å²) in [6.07, 6.45) is 1.67. The monoisotopic (exact) mass is 374 g/mol. The van der Waals surface area contributed by atoms with Gasteiger partial charge in [0.15, 0.2) is 5.75 Å². The quantitative estimate of drug-likeness (QED) is 0.504. The molecule has 0 aliphatic carbocycles. The highest BCUT2D eigenvalue weighted by Gasteiger charge is 2.18. The molecule has 0 unspecified atom stereocenters. The second-order valence-electron chi connectivity index (χ2n) is 5.76. The fourth-order valence-electron chi connectivity index (χ4n) is 2.93. The maximum Gasteiger partial charge on any atom is 0.343 e. The number of fused-ring (bicyclic) bond motifs is 2. The van der Waals surface area contributed by atoms with Crippen LogP contribution in [0, 0.1) is 0 Å². The number of hydrogen-bond donors (Lipinski definition) is 0. The molecule has 7 heteroatoms. The van der Waals surface area contributed by atoms with Crippen molar-refractivity contribution in [3.05, 3.63) is 68.2 Å². The smallest absolute Gasteiger partial charge is 0.343 e. The van der Waals surface area contributed by atoms with E-state index >= 15 is 0 Å². The lowest BCUT2D eigenvalue weighted by Gasteiger charge is -2.08. The van der Waals surface area contributed by atoms with E-state index in [1.165, 1.54) is 0 Å². The van der Waals surface area contributed by atoms with Crippen LogP contribution in [0.25, 0.3) is 10.9 Å². The van der Waals surface area contributed by atoms with E-state index in [0.29, 0.717) is 28.0 Å². The summed E-state index contributed by atoms with van der Waals surface area (Å²) in [5.41, 5.74) is 0.707. The zero-order valence-corrected chi connectivity index (χ0v) is 14.5. The largest absolute Gasteiger partial charge is 0.421 e. The summed E-state index contributed by atoms with van der Waals surface area (Å²) in [5.74, 6) is 0.343. The number of hydrogen-bond acceptors (Lipinski definition) is 4. The van der Waals surface area contributed by atoms with E-state index in [4.69, 9.17) is 27.9 Å². The normalized spacial score (nSPS) is 13.0. The van der Waals surface area contributed by atoms with Gasteiger partial charge in [0.25, 0.3) is 5.56 Å². The molecule has 1 aliphatic heterocycles. The molecule has 0 bridgehead atoms. The summed E-state index contributed by atoms with van der Waals surface area (Å²) in [6, 6.07) is 9.53. The Balaban J connectivity index is 1.72. The number of ether oxygens (including phenoxy) is 1. The molecule has 4 rings (SSSR count). The zero-order chi connectivity index (χ0) is 17.6. The van der Waals surface area contributed by atoms with Crippen LogP contribution in [0.4, 0.5) is 0 Å². The van der Waals surface area contributed by atoms with Gasteiger partial charge < -0.3 is 4.74 Å². The summed E-state index contributed by atoms with van der Waals surface area (Å²) in [5, 5.41) is 0.964. The van der Waals surface area contributed by atoms with Crippen LogP contribution in [0.3, 0.4) is 0 Å². The SMILES string of the molecule is O=C(Oc1cccc(Cl)c1Cl)c1ccc2c(=O)n3c(nc2c1)CCC3. The third-order valence-electron chi connectivity index (χ3n) is 4.17. The maximum atomic E-state index is 12.4. The van der Waals surface area contributed by atoms with Gasteiger partial charge in [-0.1, -0.05) is 29.3 Å². The summed E-state index contributed by atoms with van der Waals surface area (Å²) in [4.78, 5) is 29.4. The summed E-state index contributed by atoms with van der Waals surface area (Å²) in [6.45, 7) is 0.689. The Morgan fingerprint density at radius 2 is 2.04 bits per heavy atom. The van der Waals surface area contributed by atoms with Crippen molar-refractivity contribution in [3.8, 4) is 5.75 Å². The van der Waals surface area contributed by atoms with Gasteiger partial charge >= 0.3 is 5.97 Å². The molecule has 1 aromatic heterocycles. The number of halogens is 2. The molecule has 0 saturated carbocycles. The van der Waals surface area contributed by atoms with Crippen LogP contribution < -0.4 is 10.3 Å². The summed E-state index contributed by atoms with van der Waals surface area (Å²) >= 11 is 12.0. The van der Waals surface area contributed by atoms with Crippen molar-refractivity contribution in [2.45, 2.75) is 19.4 Å². The Morgan fingerprint density at radius 1 is 1.20 bits per heavy atom. The van der Waals surface area contributed by atoms with Gasteiger partial charge in [0, 0.05) is 13.0 Å². The average Bonchev–Trinajstić information content (AvgIpc) is 3.07. The predicted octanol–water partition coefficient (Wildman–Crippen LogP) is 3.87. The predicted molar refractivity (Wildman–Crippen MR) is 95.7 cm³/mol. The molecule has 126 valence electrons. The Hall–Kier alpha value is -2.37. The molecule has 0 saturated heterocycles. The van der Waals surface area contributed by atoms with Crippen molar-refractivity contribution < 1.29 is 9.53 Å². The number of carbonyl (C=O) groups excluding carboxylic acids is 1. The first kappa shape index (κ1) is 16.1. The topological polar surface area (TPSA) is 61.2 Å². The van der Waals surface area contributed by atoms with E-state index in [1.807, 2.05) is 0 Å². The van der Waals surface area contributed by atoms with Gasteiger partial charge in [-0.25, -0.2) is 9.78 Å². The van der Waals surface area contributed by atoms with Crippen LogP contribution in [-0.4, -0.2) is 15.5 Å². The van der Waals surface area contributed by atoms with Crippen molar-refractivity contribution in [2.75, 3.05) is 0 Å². The number of benzene rings is 2. The van der Waals surface area contributed by atoms with Gasteiger partial charge in [0.1, 0.15) is 10.8 Å². The molecular weight excluding hydrogens is 363 g/mol. The molecule has 25 heavy (non-hydrogen) atoms. The van der Waals surface area contributed by atoms with E-state index in [0.717, 1.165) is 18.7 Å². The molecule has 2 aromatic carbocycles. The van der Waals surface area contributed by atoms with E-state index in [2.05, 4.69) is 4.98 Å². The highest BCUT2D eigenvalue weighted by atomic mass is 35.5. The number of carbonyl (C=O) groups is 1. The molecule has 2 heterocycles. The first-order valence-electron chi connectivity index (χ1n) is 7.74. The molecule has 5 nitrogen and oxygen atoms in total. The van der Waals surface area contributed by atoms with Crippen LogP contribution in [0.15, 0.2) is 41.2 Å². The van der Waals surface area contributed by atoms with Crippen LogP contribution in [0.2, 0.25) is 10.0 Å². The van der Waals surface area contributed by atoms with Gasteiger partial charge in [-0.3, -0.25) is 9.36 Å². The van der Waals surface area contributed by atoms with Crippen LogP contribution >= 0.6 is 23.2 Å². The lowest BCUT2D eigenvalue weighted by atomic mass is 10.1. The standard InChI is InChI=1S/C18H12Cl2N2O3/c19-12-3-1-4-14(16(12)20)25-18(24)10-6-7-11-13(9-10)21-15-5-2-8-22(15)17(11)23/h1,3-4,6-7,9H,2,5,8H2. The summed E-state index contributed by atoms with van der Waals surface area (Å²) in [7, 11) is 0. The lowest BCUT2D eigenvalue weighted by molar-refractivity contribution is 0.0735. The second-order valence-corrected chi connectivity index (χ2v) is 6.55. The minimum absolute atomic E-state index is 0.0738. The number of esters is 1. The molecule has 3 aromatic rings. The lowest BCUT2D eigenvalue weighted by Crippen LogP contribution is -2.21. The van der Waals surface area contributed by atoms with Crippen LogP contribution in [0.1, 0.15) is 22.6 Å². The average molecular weight is 375 g/mol. The molecule has 0 N–H and O–H groups in total. The highest BCUT2D eigenvalue weighted by molar-refractivity contribution is 6.43. The number of nitrogens with zero attached hydrogens (tertiary/aromatic N) is 2. The molecule has 0 radical (unpaired) electrons. The molecule has 0 amide bonds. The van der Waals surface area contributed by atoms with Gasteiger partial charge in [-0.05, 0) is 36.8 Å². The van der Waals surface area contributed by atoms with Crippen LogP contribution in [0.5, 0.6) is 5.75 Å². The third kappa shape index (κ3) is 2.79. The Bertz CT molecular complexity index is 1080. The van der Waals surface area contributed by atoms with Crippen LogP contribution in [-0.2, 0) is 13.0 Å². The van der Waals surface area contributed by atoms with Crippen molar-refractivity contribution in [1.82, 2.24) is 9.55 Å². The number of aryl methyl sites for hydroxylation is 1. The van der Waals surface area contributed by atoms with Crippen molar-refractivity contribution in [2.24, 2.45) is 0 Å². The van der Waals surface area contributed by atoms with Gasteiger partial charge in [0.05, 0.1) is 21.5 Å². The Labute approximate surface area is 152 Å². The highest BCUT2D eigenvalue weighted by Crippen LogP contribution is 2.32. The minimum Gasteiger partial charge on any atom is -0.421 e. The maximum absolute atomic E-state index is 12.4. The fraction of sp³-hybridized carbons (Fsp3) is 0.167. The van der Waals surface area contributed by atoms with Gasteiger partial charge in [0.2, 0.25) is 0 Å². The molecular formula is C18H12Cl2N2O3. The molecule has 0 spiro atoms. The first-order chi connectivity index (χ1) is 12.0.